The van der Waals surface area contributed by atoms with E-state index in [9.17, 15) is 9.59 Å². The van der Waals surface area contributed by atoms with Gasteiger partial charge in [0.2, 0.25) is 0 Å². The first-order valence-corrected chi connectivity index (χ1v) is 11.1. The van der Waals surface area contributed by atoms with Crippen LogP contribution in [0, 0.1) is 0 Å². The summed E-state index contributed by atoms with van der Waals surface area (Å²) in [7, 11) is 1.56. The summed E-state index contributed by atoms with van der Waals surface area (Å²) in [5.74, 6) is 0.592. The van der Waals surface area contributed by atoms with Crippen molar-refractivity contribution < 1.29 is 4.74 Å². The smallest absolute Gasteiger partial charge is 0.337 e. The van der Waals surface area contributed by atoms with Gasteiger partial charge in [0.1, 0.15) is 5.75 Å². The number of benzene rings is 3. The van der Waals surface area contributed by atoms with Crippen LogP contribution < -0.4 is 16.0 Å². The van der Waals surface area contributed by atoms with Gasteiger partial charge in [-0.25, -0.2) is 14.3 Å². The van der Waals surface area contributed by atoms with E-state index in [1.54, 1.807) is 48.3 Å². The molecule has 0 radical (unpaired) electrons. The van der Waals surface area contributed by atoms with Crippen molar-refractivity contribution in [3.8, 4) is 11.4 Å². The molecule has 0 saturated heterocycles. The molecule has 5 rings (SSSR count). The van der Waals surface area contributed by atoms with Crippen molar-refractivity contribution in [2.45, 2.75) is 13.1 Å². The van der Waals surface area contributed by atoms with Crippen molar-refractivity contribution in [1.82, 2.24) is 18.7 Å². The average Bonchev–Trinajstić information content (AvgIpc) is 3.27. The van der Waals surface area contributed by atoms with Gasteiger partial charge in [0, 0.05) is 11.1 Å². The lowest BCUT2D eigenvalue weighted by molar-refractivity contribution is 0.414. The van der Waals surface area contributed by atoms with E-state index in [0.29, 0.717) is 28.5 Å². The summed E-state index contributed by atoms with van der Waals surface area (Å²) in [5.41, 5.74) is 1.95. The lowest BCUT2D eigenvalue weighted by atomic mass is 10.2. The fraction of sp³-hybridized carbons (Fsp3) is 0.115. The SMILES string of the molecule is COc1cccc(-n2c(=O)n(Cc3ccccc3)c(=O)c3c2ncn3Cc2ccccc2Cl)c1. The van der Waals surface area contributed by atoms with E-state index < -0.39 is 11.2 Å². The van der Waals surface area contributed by atoms with Crippen LogP contribution in [0.5, 0.6) is 5.75 Å². The zero-order valence-corrected chi connectivity index (χ0v) is 19.1. The minimum absolute atomic E-state index is 0.135. The Morgan fingerprint density at radius 1 is 0.912 bits per heavy atom. The van der Waals surface area contributed by atoms with Gasteiger partial charge in [-0.15, -0.1) is 0 Å². The summed E-state index contributed by atoms with van der Waals surface area (Å²) in [6, 6.07) is 24.0. The second-order valence-electron chi connectivity index (χ2n) is 7.83. The Morgan fingerprint density at radius 2 is 1.68 bits per heavy atom. The van der Waals surface area contributed by atoms with Gasteiger partial charge >= 0.3 is 5.69 Å². The third kappa shape index (κ3) is 3.91. The molecule has 170 valence electrons. The molecule has 0 spiro atoms. The van der Waals surface area contributed by atoms with Gasteiger partial charge < -0.3 is 9.30 Å². The molecule has 0 aliphatic heterocycles. The highest BCUT2D eigenvalue weighted by molar-refractivity contribution is 6.31. The van der Waals surface area contributed by atoms with Crippen molar-refractivity contribution in [3.63, 3.8) is 0 Å². The van der Waals surface area contributed by atoms with Gasteiger partial charge in [-0.3, -0.25) is 9.36 Å². The molecule has 8 heteroatoms. The third-order valence-corrected chi connectivity index (χ3v) is 6.06. The molecule has 2 heterocycles. The molecule has 0 fully saturated rings. The maximum absolute atomic E-state index is 13.6. The van der Waals surface area contributed by atoms with Gasteiger partial charge in [0.15, 0.2) is 11.2 Å². The molecule has 0 N–H and O–H groups in total. The maximum Gasteiger partial charge on any atom is 0.337 e. The second kappa shape index (κ2) is 9.03. The number of imidazole rings is 1. The molecule has 0 aliphatic rings. The van der Waals surface area contributed by atoms with Crippen molar-refractivity contribution in [2.24, 2.45) is 0 Å². The molecular formula is C26H21ClN4O3. The monoisotopic (exact) mass is 472 g/mol. The number of ether oxygens (including phenoxy) is 1. The Kier molecular flexibility index (Phi) is 5.77. The molecule has 0 unspecified atom stereocenters. The van der Waals surface area contributed by atoms with Gasteiger partial charge in [-0.1, -0.05) is 66.2 Å². The lowest BCUT2D eigenvalue weighted by Crippen LogP contribution is -2.40. The van der Waals surface area contributed by atoms with Crippen LogP contribution in [0.25, 0.3) is 16.9 Å². The Hall–Kier alpha value is -4.10. The molecule has 0 amide bonds. The van der Waals surface area contributed by atoms with Gasteiger partial charge in [-0.05, 0) is 29.3 Å². The number of nitrogens with zero attached hydrogens (tertiary/aromatic N) is 4. The van der Waals surface area contributed by atoms with Crippen LogP contribution in [-0.4, -0.2) is 25.8 Å². The van der Waals surface area contributed by atoms with Crippen molar-refractivity contribution in [3.05, 3.63) is 122 Å². The number of hydrogen-bond acceptors (Lipinski definition) is 4. The number of methoxy groups -OCH3 is 1. The first-order valence-electron chi connectivity index (χ1n) is 10.7. The summed E-state index contributed by atoms with van der Waals surface area (Å²) in [5, 5.41) is 0.593. The Labute approximate surface area is 200 Å². The van der Waals surface area contributed by atoms with E-state index in [2.05, 4.69) is 4.98 Å². The number of fused-ring (bicyclic) bond motifs is 1. The van der Waals surface area contributed by atoms with Crippen molar-refractivity contribution in [1.29, 1.82) is 0 Å². The second-order valence-corrected chi connectivity index (χ2v) is 8.24. The molecule has 0 aliphatic carbocycles. The third-order valence-electron chi connectivity index (χ3n) is 5.69. The first kappa shape index (κ1) is 21.7. The zero-order valence-electron chi connectivity index (χ0n) is 18.4. The van der Waals surface area contributed by atoms with Gasteiger partial charge in [0.05, 0.1) is 32.2 Å². The minimum atomic E-state index is -0.474. The van der Waals surface area contributed by atoms with E-state index >= 15 is 0 Å². The van der Waals surface area contributed by atoms with Crippen molar-refractivity contribution in [2.75, 3.05) is 7.11 Å². The van der Waals surface area contributed by atoms with Crippen LogP contribution in [0.3, 0.4) is 0 Å². The molecule has 0 saturated carbocycles. The standard InChI is InChI=1S/C26H21ClN4O3/c1-34-21-12-7-11-20(14-21)31-24-23(29(17-28-24)16-19-10-5-6-13-22(19)27)25(32)30(26(31)33)15-18-8-3-2-4-9-18/h2-14,17H,15-16H2,1H3. The highest BCUT2D eigenvalue weighted by atomic mass is 35.5. The Bertz CT molecular complexity index is 1600. The van der Waals surface area contributed by atoms with Crippen LogP contribution >= 0.6 is 11.6 Å². The van der Waals surface area contributed by atoms with Crippen LogP contribution in [0.2, 0.25) is 5.02 Å². The van der Waals surface area contributed by atoms with Gasteiger partial charge in [-0.2, -0.15) is 0 Å². The average molecular weight is 473 g/mol. The van der Waals surface area contributed by atoms with Gasteiger partial charge in [0.25, 0.3) is 5.56 Å². The number of hydrogen-bond donors (Lipinski definition) is 0. The normalized spacial score (nSPS) is 11.1. The lowest BCUT2D eigenvalue weighted by Gasteiger charge is -2.14. The van der Waals surface area contributed by atoms with Crippen LogP contribution in [-0.2, 0) is 13.1 Å². The maximum atomic E-state index is 13.6. The fourth-order valence-electron chi connectivity index (χ4n) is 4.00. The number of aromatic nitrogens is 4. The Balaban J connectivity index is 1.78. The molecule has 7 nitrogen and oxygen atoms in total. The largest absolute Gasteiger partial charge is 0.497 e. The van der Waals surface area contributed by atoms with Crippen LogP contribution in [0.1, 0.15) is 11.1 Å². The summed E-state index contributed by atoms with van der Waals surface area (Å²) >= 11 is 6.37. The number of rotatable bonds is 6. The first-order chi connectivity index (χ1) is 16.6. The predicted octanol–water partition coefficient (Wildman–Crippen LogP) is 4.11. The van der Waals surface area contributed by atoms with E-state index in [1.165, 1.54) is 9.13 Å². The molecule has 5 aromatic rings. The highest BCUT2D eigenvalue weighted by Gasteiger charge is 2.20. The van der Waals surface area contributed by atoms with Crippen LogP contribution in [0.15, 0.2) is 94.8 Å². The molecule has 0 atom stereocenters. The summed E-state index contributed by atoms with van der Waals surface area (Å²) in [6.45, 7) is 0.475. The fourth-order valence-corrected chi connectivity index (χ4v) is 4.19. The Morgan fingerprint density at radius 3 is 2.44 bits per heavy atom. The zero-order chi connectivity index (χ0) is 23.7. The highest BCUT2D eigenvalue weighted by Crippen LogP contribution is 2.21. The molecule has 2 aromatic heterocycles. The molecular weight excluding hydrogens is 452 g/mol. The summed E-state index contributed by atoms with van der Waals surface area (Å²) < 4.78 is 9.77. The summed E-state index contributed by atoms with van der Waals surface area (Å²) in [4.78, 5) is 31.8. The number of halogens is 1. The quantitative estimate of drug-likeness (QED) is 0.373. The minimum Gasteiger partial charge on any atom is -0.497 e. The topological polar surface area (TPSA) is 71.1 Å². The summed E-state index contributed by atoms with van der Waals surface area (Å²) in [6.07, 6.45) is 1.57. The van der Waals surface area contributed by atoms with E-state index in [0.717, 1.165) is 11.1 Å². The van der Waals surface area contributed by atoms with E-state index in [-0.39, 0.29) is 12.2 Å². The van der Waals surface area contributed by atoms with E-state index in [1.807, 2.05) is 48.5 Å². The van der Waals surface area contributed by atoms with E-state index in [4.69, 9.17) is 16.3 Å². The molecule has 34 heavy (non-hydrogen) atoms. The molecule has 0 bridgehead atoms. The predicted molar refractivity (Wildman–Crippen MR) is 132 cm³/mol. The van der Waals surface area contributed by atoms with Crippen LogP contribution in [0.4, 0.5) is 0 Å². The molecule has 3 aromatic carbocycles. The van der Waals surface area contributed by atoms with Crippen molar-refractivity contribution >= 4 is 22.8 Å².